The topological polar surface area (TPSA) is 0 Å². The van der Waals surface area contributed by atoms with Crippen molar-refractivity contribution in [2.45, 2.75) is 44.7 Å². The molecule has 0 saturated heterocycles. The Morgan fingerprint density at radius 1 is 1.00 bits per heavy atom. The van der Waals surface area contributed by atoms with Crippen molar-refractivity contribution in [2.75, 3.05) is 0 Å². The van der Waals surface area contributed by atoms with Gasteiger partial charge in [0.1, 0.15) is 5.82 Å². The first kappa shape index (κ1) is 19.0. The lowest BCUT2D eigenvalue weighted by molar-refractivity contribution is -0.140. The van der Waals surface area contributed by atoms with E-state index in [-0.39, 0.29) is 5.92 Å². The molecule has 0 amide bonds. The van der Waals surface area contributed by atoms with Crippen molar-refractivity contribution in [2.24, 2.45) is 5.92 Å². The summed E-state index contributed by atoms with van der Waals surface area (Å²) in [5.41, 5.74) is 1.82. The van der Waals surface area contributed by atoms with Crippen molar-refractivity contribution in [1.29, 1.82) is 0 Å². The predicted molar refractivity (Wildman–Crippen MR) is 104 cm³/mol. The predicted octanol–water partition coefficient (Wildman–Crippen LogP) is 7.49. The Labute approximate surface area is 162 Å². The molecule has 4 heteroatoms. The van der Waals surface area contributed by atoms with Gasteiger partial charge in [-0.15, -0.1) is 0 Å². The first-order valence-corrected chi connectivity index (χ1v) is 9.77. The highest BCUT2D eigenvalue weighted by Crippen LogP contribution is 2.45. The molecule has 4 rings (SSSR count). The zero-order chi connectivity index (χ0) is 19.9. The van der Waals surface area contributed by atoms with Gasteiger partial charge in [0.2, 0.25) is 0 Å². The molecule has 2 unspecified atom stereocenters. The Bertz CT molecular complexity index is 1000. The Kier molecular flexibility index (Phi) is 4.90. The van der Waals surface area contributed by atoms with Crippen LogP contribution in [0.4, 0.5) is 17.6 Å². The molecule has 0 aliphatic heterocycles. The Morgan fingerprint density at radius 2 is 1.79 bits per heavy atom. The summed E-state index contributed by atoms with van der Waals surface area (Å²) in [6.45, 7) is 2.11. The van der Waals surface area contributed by atoms with E-state index in [1.54, 1.807) is 0 Å². The van der Waals surface area contributed by atoms with Gasteiger partial charge >= 0.3 is 6.18 Å². The van der Waals surface area contributed by atoms with E-state index >= 15 is 0 Å². The third kappa shape index (κ3) is 3.30. The van der Waals surface area contributed by atoms with Gasteiger partial charge in [-0.05, 0) is 64.8 Å². The molecule has 0 saturated carbocycles. The lowest BCUT2D eigenvalue weighted by atomic mass is 9.69. The second-order valence-electron chi connectivity index (χ2n) is 7.66. The van der Waals surface area contributed by atoms with Gasteiger partial charge in [0.05, 0.1) is 5.56 Å². The van der Waals surface area contributed by atoms with Gasteiger partial charge in [-0.1, -0.05) is 55.8 Å². The van der Waals surface area contributed by atoms with Crippen molar-refractivity contribution < 1.29 is 17.6 Å². The second kappa shape index (κ2) is 7.23. The maximum absolute atomic E-state index is 14.3. The minimum absolute atomic E-state index is 0.0786. The standard InChI is InChI=1S/C24H22F4/c1-2-5-16-9-11-19-18-7-4-3-6-15(18)8-12-20(19)23(16)17-10-13-21(22(25)14-17)24(26,27)28/h3-4,6-8,10,12-14,16,23H,2,5,9,11H2,1H3. The smallest absolute Gasteiger partial charge is 0.206 e. The van der Waals surface area contributed by atoms with Gasteiger partial charge in [-0.25, -0.2) is 4.39 Å². The number of benzene rings is 3. The van der Waals surface area contributed by atoms with Crippen LogP contribution in [0.1, 0.15) is 54.4 Å². The summed E-state index contributed by atoms with van der Waals surface area (Å²) >= 11 is 0. The van der Waals surface area contributed by atoms with E-state index in [4.69, 9.17) is 0 Å². The summed E-state index contributed by atoms with van der Waals surface area (Å²) < 4.78 is 53.3. The maximum atomic E-state index is 14.3. The monoisotopic (exact) mass is 386 g/mol. The Balaban J connectivity index is 1.86. The number of rotatable bonds is 3. The molecule has 0 bridgehead atoms. The summed E-state index contributed by atoms with van der Waals surface area (Å²) in [5, 5.41) is 2.35. The number of hydrogen-bond acceptors (Lipinski definition) is 0. The van der Waals surface area contributed by atoms with Crippen molar-refractivity contribution in [3.63, 3.8) is 0 Å². The molecule has 146 valence electrons. The molecule has 3 aromatic rings. The molecular weight excluding hydrogens is 364 g/mol. The van der Waals surface area contributed by atoms with Crippen LogP contribution in [0, 0.1) is 11.7 Å². The minimum atomic E-state index is -4.67. The van der Waals surface area contributed by atoms with E-state index < -0.39 is 17.6 Å². The SMILES string of the molecule is CCCC1CCc2c(ccc3ccccc23)C1c1ccc(C(F)(F)F)c(F)c1. The average Bonchev–Trinajstić information content (AvgIpc) is 2.66. The van der Waals surface area contributed by atoms with Crippen LogP contribution in [0.25, 0.3) is 10.8 Å². The van der Waals surface area contributed by atoms with E-state index in [0.717, 1.165) is 48.8 Å². The molecule has 2 atom stereocenters. The fraction of sp³-hybridized carbons (Fsp3) is 0.333. The molecule has 0 nitrogen and oxygen atoms in total. The molecule has 1 aliphatic rings. The molecular formula is C24H22F4. The molecule has 1 aliphatic carbocycles. The second-order valence-corrected chi connectivity index (χ2v) is 7.66. The zero-order valence-corrected chi connectivity index (χ0v) is 15.7. The summed E-state index contributed by atoms with van der Waals surface area (Å²) in [7, 11) is 0. The van der Waals surface area contributed by atoms with Gasteiger partial charge in [0.25, 0.3) is 0 Å². The fourth-order valence-electron chi connectivity index (χ4n) is 4.76. The van der Waals surface area contributed by atoms with Crippen molar-refractivity contribution in [3.05, 3.63) is 82.7 Å². The number of halogens is 4. The number of hydrogen-bond donors (Lipinski definition) is 0. The number of aryl methyl sites for hydroxylation is 1. The summed E-state index contributed by atoms with van der Waals surface area (Å²) in [6, 6.07) is 15.8. The molecule has 0 radical (unpaired) electrons. The Morgan fingerprint density at radius 3 is 2.50 bits per heavy atom. The lowest BCUT2D eigenvalue weighted by Gasteiger charge is -2.35. The summed E-state index contributed by atoms with van der Waals surface area (Å²) in [4.78, 5) is 0. The van der Waals surface area contributed by atoms with Crippen LogP contribution in [0.2, 0.25) is 0 Å². The normalized spacial score (nSPS) is 19.6. The van der Waals surface area contributed by atoms with Crippen LogP contribution >= 0.6 is 0 Å². The van der Waals surface area contributed by atoms with Crippen molar-refractivity contribution in [1.82, 2.24) is 0 Å². The molecule has 0 fully saturated rings. The molecule has 0 N–H and O–H groups in total. The number of fused-ring (bicyclic) bond motifs is 3. The van der Waals surface area contributed by atoms with Gasteiger partial charge < -0.3 is 0 Å². The average molecular weight is 386 g/mol. The lowest BCUT2D eigenvalue weighted by Crippen LogP contribution is -2.22. The van der Waals surface area contributed by atoms with Crippen LogP contribution < -0.4 is 0 Å². The molecule has 28 heavy (non-hydrogen) atoms. The van der Waals surface area contributed by atoms with E-state index in [1.165, 1.54) is 17.0 Å². The van der Waals surface area contributed by atoms with Gasteiger partial charge in [-0.2, -0.15) is 13.2 Å². The minimum Gasteiger partial charge on any atom is -0.206 e. The van der Waals surface area contributed by atoms with E-state index in [0.29, 0.717) is 11.5 Å². The van der Waals surface area contributed by atoms with Crippen LogP contribution in [0.15, 0.2) is 54.6 Å². The first-order valence-electron chi connectivity index (χ1n) is 9.77. The summed E-state index contributed by atoms with van der Waals surface area (Å²) in [5.74, 6) is -0.965. The zero-order valence-electron chi connectivity index (χ0n) is 15.7. The molecule has 0 spiro atoms. The largest absolute Gasteiger partial charge is 0.419 e. The van der Waals surface area contributed by atoms with Gasteiger partial charge in [0, 0.05) is 5.92 Å². The number of alkyl halides is 3. The fourth-order valence-corrected chi connectivity index (χ4v) is 4.76. The van der Waals surface area contributed by atoms with Gasteiger partial charge in [0.15, 0.2) is 0 Å². The highest BCUT2D eigenvalue weighted by molar-refractivity contribution is 5.87. The van der Waals surface area contributed by atoms with Crippen molar-refractivity contribution >= 4 is 10.8 Å². The van der Waals surface area contributed by atoms with Crippen LogP contribution in [-0.4, -0.2) is 0 Å². The third-order valence-corrected chi connectivity index (χ3v) is 5.97. The highest BCUT2D eigenvalue weighted by Gasteiger charge is 2.36. The van der Waals surface area contributed by atoms with Crippen LogP contribution in [0.3, 0.4) is 0 Å². The maximum Gasteiger partial charge on any atom is 0.419 e. The van der Waals surface area contributed by atoms with Crippen LogP contribution in [0.5, 0.6) is 0 Å². The van der Waals surface area contributed by atoms with Crippen molar-refractivity contribution in [3.8, 4) is 0 Å². The van der Waals surface area contributed by atoms with E-state index in [9.17, 15) is 17.6 Å². The van der Waals surface area contributed by atoms with Gasteiger partial charge in [-0.3, -0.25) is 0 Å². The first-order chi connectivity index (χ1) is 13.4. The van der Waals surface area contributed by atoms with E-state index in [2.05, 4.69) is 31.2 Å². The van der Waals surface area contributed by atoms with Crippen LogP contribution in [-0.2, 0) is 12.6 Å². The third-order valence-electron chi connectivity index (χ3n) is 5.97. The Hall–Kier alpha value is -2.36. The quantitative estimate of drug-likeness (QED) is 0.409. The molecule has 0 heterocycles. The molecule has 0 aromatic heterocycles. The van der Waals surface area contributed by atoms with E-state index in [1.807, 2.05) is 12.1 Å². The summed E-state index contributed by atoms with van der Waals surface area (Å²) in [6.07, 6.45) is -0.804. The molecule has 3 aromatic carbocycles. The highest BCUT2D eigenvalue weighted by atomic mass is 19.4.